The molecule has 228 valence electrons. The van der Waals surface area contributed by atoms with E-state index < -0.39 is 0 Å². The van der Waals surface area contributed by atoms with E-state index in [1.165, 1.54) is 33.4 Å². The van der Waals surface area contributed by atoms with Crippen LogP contribution in [0, 0.1) is 0 Å². The first-order valence-electron chi connectivity index (χ1n) is 16.3. The van der Waals surface area contributed by atoms with Crippen molar-refractivity contribution in [3.8, 4) is 5.69 Å². The second-order valence-corrected chi connectivity index (χ2v) is 13.0. The zero-order valence-corrected chi connectivity index (χ0v) is 27.6. The SMILES string of the molecule is C=Cc1nc(C(/C=C\C)=C/C)nc(C2=CB(C)C(c3ccc4c(c3)C(C)(C)c3cccc5c6oc7ccccc7c6n-4c35)=C2)c1C=C. The van der Waals surface area contributed by atoms with Gasteiger partial charge in [0.15, 0.2) is 18.1 Å². The third-order valence-corrected chi connectivity index (χ3v) is 10.0. The molecule has 8 rings (SSSR count). The topological polar surface area (TPSA) is 43.9 Å². The highest BCUT2D eigenvalue weighted by Crippen LogP contribution is 2.50. The molecule has 0 unspecified atom stereocenters. The van der Waals surface area contributed by atoms with E-state index in [2.05, 4.69) is 105 Å². The van der Waals surface area contributed by atoms with Crippen molar-refractivity contribution >= 4 is 68.5 Å². The Hall–Kier alpha value is -5.42. The van der Waals surface area contributed by atoms with Gasteiger partial charge in [-0.1, -0.05) is 100 Å². The van der Waals surface area contributed by atoms with Gasteiger partial charge >= 0.3 is 0 Å². The highest BCUT2D eigenvalue weighted by atomic mass is 16.3. The van der Waals surface area contributed by atoms with Crippen LogP contribution in [0.3, 0.4) is 0 Å². The molecule has 0 radical (unpaired) electrons. The van der Waals surface area contributed by atoms with E-state index in [0.717, 1.165) is 55.6 Å². The van der Waals surface area contributed by atoms with Crippen molar-refractivity contribution in [2.45, 2.75) is 39.9 Å². The third-order valence-electron chi connectivity index (χ3n) is 10.0. The fourth-order valence-corrected chi connectivity index (χ4v) is 7.69. The lowest BCUT2D eigenvalue weighted by Gasteiger charge is -2.35. The van der Waals surface area contributed by atoms with Crippen molar-refractivity contribution in [1.29, 1.82) is 0 Å². The maximum Gasteiger partial charge on any atom is 0.199 e. The van der Waals surface area contributed by atoms with Crippen molar-refractivity contribution in [2.24, 2.45) is 0 Å². The van der Waals surface area contributed by atoms with E-state index in [-0.39, 0.29) is 12.1 Å². The van der Waals surface area contributed by atoms with E-state index in [0.29, 0.717) is 5.82 Å². The average Bonchev–Trinajstić information content (AvgIpc) is 3.76. The van der Waals surface area contributed by atoms with Gasteiger partial charge in [0.05, 0.1) is 22.6 Å². The van der Waals surface area contributed by atoms with Crippen LogP contribution in [0.15, 0.2) is 109 Å². The molecule has 0 aliphatic carbocycles. The molecule has 6 aromatic rings. The predicted octanol–water partition coefficient (Wildman–Crippen LogP) is 10.9. The first-order chi connectivity index (χ1) is 22.8. The first kappa shape index (κ1) is 29.0. The van der Waals surface area contributed by atoms with Gasteiger partial charge in [-0.15, -0.1) is 5.98 Å². The average molecular weight is 610 g/mol. The highest BCUT2D eigenvalue weighted by molar-refractivity contribution is 6.85. The van der Waals surface area contributed by atoms with Gasteiger partial charge in [0.25, 0.3) is 0 Å². The molecular weight excluding hydrogens is 573 g/mol. The molecule has 0 N–H and O–H groups in total. The molecule has 0 saturated heterocycles. The third kappa shape index (κ3) is 4.09. The Morgan fingerprint density at radius 1 is 0.915 bits per heavy atom. The summed E-state index contributed by atoms with van der Waals surface area (Å²) in [5.74, 6) is 2.99. The van der Waals surface area contributed by atoms with Crippen LogP contribution >= 0.6 is 0 Å². The van der Waals surface area contributed by atoms with E-state index in [9.17, 15) is 0 Å². The number of rotatable bonds is 6. The molecule has 47 heavy (non-hydrogen) atoms. The molecule has 0 atom stereocenters. The number of nitrogens with zero attached hydrogens (tertiary/aromatic N) is 3. The number of furan rings is 1. The number of hydrogen-bond acceptors (Lipinski definition) is 3. The van der Waals surface area contributed by atoms with E-state index in [4.69, 9.17) is 14.4 Å². The Morgan fingerprint density at radius 3 is 2.49 bits per heavy atom. The van der Waals surface area contributed by atoms with Crippen LogP contribution in [0.1, 0.15) is 67.2 Å². The quantitative estimate of drug-likeness (QED) is 0.139. The minimum atomic E-state index is -0.211. The van der Waals surface area contributed by atoms with Crippen LogP contribution in [-0.2, 0) is 5.41 Å². The zero-order valence-electron chi connectivity index (χ0n) is 27.6. The summed E-state index contributed by atoms with van der Waals surface area (Å²) < 4.78 is 8.93. The molecule has 0 spiro atoms. The van der Waals surface area contributed by atoms with E-state index in [1.807, 2.05) is 44.2 Å². The van der Waals surface area contributed by atoms with Gasteiger partial charge in [0.2, 0.25) is 0 Å². The number of aromatic nitrogens is 3. The second kappa shape index (κ2) is 10.6. The Labute approximate surface area is 275 Å². The monoisotopic (exact) mass is 609 g/mol. The molecule has 5 heteroatoms. The van der Waals surface area contributed by atoms with Gasteiger partial charge in [0, 0.05) is 27.3 Å². The molecule has 2 aliphatic heterocycles. The summed E-state index contributed by atoms with van der Waals surface area (Å²) in [5.41, 5.74) is 14.9. The summed E-state index contributed by atoms with van der Waals surface area (Å²) in [6.45, 7) is 19.3. The second-order valence-electron chi connectivity index (χ2n) is 13.0. The summed E-state index contributed by atoms with van der Waals surface area (Å²) in [4.78, 5) is 9.93. The van der Waals surface area contributed by atoms with E-state index >= 15 is 0 Å². The Balaban J connectivity index is 1.30. The van der Waals surface area contributed by atoms with Crippen LogP contribution in [0.5, 0.6) is 0 Å². The Kier molecular flexibility index (Phi) is 6.52. The van der Waals surface area contributed by atoms with E-state index in [1.54, 1.807) is 6.08 Å². The summed E-state index contributed by atoms with van der Waals surface area (Å²) in [5, 5.41) is 2.30. The minimum Gasteiger partial charge on any atom is -0.454 e. The molecule has 5 heterocycles. The van der Waals surface area contributed by atoms with Gasteiger partial charge < -0.3 is 8.98 Å². The van der Waals surface area contributed by atoms with Gasteiger partial charge in [-0.2, -0.15) is 0 Å². The summed E-state index contributed by atoms with van der Waals surface area (Å²) >= 11 is 0. The standard InChI is InChI=1S/C42H36BN3O/c1-8-15-25(9-2)41-44-34(11-4)28(10-3)37(45-41)27-23-33(43(7)24-27)26-20-21-35-32(22-26)42(5,6)31-18-14-17-30-38(31)46(35)39-29-16-12-13-19-36(29)47-40(30)39/h8-24H,3-4H2,1-2,5-7H3/b15-8-,25-9+. The van der Waals surface area contributed by atoms with Crippen molar-refractivity contribution in [2.75, 3.05) is 0 Å². The number of fused-ring (bicyclic) bond motifs is 7. The van der Waals surface area contributed by atoms with Gasteiger partial charge in [-0.05, 0) is 72.5 Å². The largest absolute Gasteiger partial charge is 0.454 e. The molecule has 3 aromatic carbocycles. The molecule has 2 aliphatic rings. The molecule has 4 nitrogen and oxygen atoms in total. The van der Waals surface area contributed by atoms with Crippen LogP contribution in [-0.4, -0.2) is 21.2 Å². The molecule has 0 fully saturated rings. The fraction of sp³-hybridized carbons (Fsp3) is 0.143. The summed E-state index contributed by atoms with van der Waals surface area (Å²) in [6.07, 6.45) is 12.0. The predicted molar refractivity (Wildman–Crippen MR) is 201 cm³/mol. The van der Waals surface area contributed by atoms with Gasteiger partial charge in [0.1, 0.15) is 11.1 Å². The van der Waals surface area contributed by atoms with Crippen molar-refractivity contribution in [3.63, 3.8) is 0 Å². The minimum absolute atomic E-state index is 0.199. The molecule has 3 aromatic heterocycles. The normalized spacial score (nSPS) is 15.5. The Morgan fingerprint density at radius 2 is 1.72 bits per heavy atom. The van der Waals surface area contributed by atoms with Gasteiger partial charge in [-0.3, -0.25) is 0 Å². The van der Waals surface area contributed by atoms with Crippen LogP contribution in [0.4, 0.5) is 0 Å². The number of benzene rings is 3. The molecule has 0 bridgehead atoms. The van der Waals surface area contributed by atoms with Gasteiger partial charge in [-0.25, -0.2) is 9.97 Å². The van der Waals surface area contributed by atoms with Crippen molar-refractivity contribution < 1.29 is 4.42 Å². The Bertz CT molecular complexity index is 2460. The van der Waals surface area contributed by atoms with Crippen LogP contribution in [0.25, 0.3) is 67.4 Å². The lowest BCUT2D eigenvalue weighted by atomic mass is 9.47. The number of para-hydroxylation sites is 2. The first-order valence-corrected chi connectivity index (χ1v) is 16.3. The summed E-state index contributed by atoms with van der Waals surface area (Å²) in [7, 11) is 0. The highest BCUT2D eigenvalue weighted by Gasteiger charge is 2.37. The lowest BCUT2D eigenvalue weighted by Crippen LogP contribution is -2.26. The summed E-state index contributed by atoms with van der Waals surface area (Å²) in [6, 6.07) is 22.0. The fourth-order valence-electron chi connectivity index (χ4n) is 7.69. The maximum absolute atomic E-state index is 6.50. The van der Waals surface area contributed by atoms with Crippen LogP contribution in [0.2, 0.25) is 6.82 Å². The maximum atomic E-state index is 6.50. The van der Waals surface area contributed by atoms with Crippen molar-refractivity contribution in [3.05, 3.63) is 144 Å². The molecule has 0 amide bonds. The molecule has 0 saturated carbocycles. The molecular formula is C42H36BN3O. The lowest BCUT2D eigenvalue weighted by molar-refractivity contribution is 0.630. The smallest absolute Gasteiger partial charge is 0.199 e. The van der Waals surface area contributed by atoms with Crippen LogP contribution < -0.4 is 0 Å². The number of allylic oxidation sites excluding steroid dienone is 6. The number of hydrogen-bond donors (Lipinski definition) is 0. The van der Waals surface area contributed by atoms with Crippen molar-refractivity contribution in [1.82, 2.24) is 14.5 Å². The zero-order chi connectivity index (χ0) is 32.6.